The molecule has 0 unspecified atom stereocenters. The first-order valence-corrected chi connectivity index (χ1v) is 7.30. The Kier molecular flexibility index (Phi) is 5.53. The highest BCUT2D eigenvalue weighted by Gasteiger charge is 2.17. The molecule has 0 spiro atoms. The quantitative estimate of drug-likeness (QED) is 0.734. The van der Waals surface area contributed by atoms with E-state index in [2.05, 4.69) is 4.98 Å². The summed E-state index contributed by atoms with van der Waals surface area (Å²) >= 11 is 0. The van der Waals surface area contributed by atoms with Gasteiger partial charge in [0.2, 0.25) is 0 Å². The van der Waals surface area contributed by atoms with Gasteiger partial charge in [0.05, 0.1) is 14.2 Å². The van der Waals surface area contributed by atoms with E-state index in [0.29, 0.717) is 17.1 Å². The highest BCUT2D eigenvalue weighted by Crippen LogP contribution is 2.25. The molecule has 0 fully saturated rings. The van der Waals surface area contributed by atoms with Crippen molar-refractivity contribution in [1.82, 2.24) is 4.98 Å². The first kappa shape index (κ1) is 16.0. The summed E-state index contributed by atoms with van der Waals surface area (Å²) in [4.78, 5) is 16.6. The average Bonchev–Trinajstić information content (AvgIpc) is 2.59. The fourth-order valence-electron chi connectivity index (χ4n) is 2.30. The summed E-state index contributed by atoms with van der Waals surface area (Å²) in [6, 6.07) is 9.23. The van der Waals surface area contributed by atoms with Gasteiger partial charge >= 0.3 is 0 Å². The molecule has 116 valence electrons. The van der Waals surface area contributed by atoms with Crippen LogP contribution in [0.2, 0.25) is 0 Å². The number of hydrogen-bond acceptors (Lipinski definition) is 4. The second-order valence-corrected chi connectivity index (χ2v) is 5.26. The van der Waals surface area contributed by atoms with Gasteiger partial charge in [0, 0.05) is 29.9 Å². The van der Waals surface area contributed by atoms with Crippen molar-refractivity contribution in [3.8, 4) is 11.5 Å². The van der Waals surface area contributed by atoms with Crippen molar-refractivity contribution in [3.05, 3.63) is 53.9 Å². The van der Waals surface area contributed by atoms with Gasteiger partial charge in [-0.2, -0.15) is 0 Å². The van der Waals surface area contributed by atoms with E-state index < -0.39 is 0 Å². The van der Waals surface area contributed by atoms with Crippen molar-refractivity contribution >= 4 is 5.78 Å². The number of rotatable bonds is 7. The molecule has 0 N–H and O–H groups in total. The van der Waals surface area contributed by atoms with Crippen molar-refractivity contribution in [3.63, 3.8) is 0 Å². The number of carbonyl (C=O) groups excluding carboxylic acids is 1. The van der Waals surface area contributed by atoms with Crippen LogP contribution in [0.25, 0.3) is 0 Å². The lowest BCUT2D eigenvalue weighted by atomic mass is 9.93. The number of ether oxygens (including phenoxy) is 2. The molecule has 2 aromatic rings. The van der Waals surface area contributed by atoms with Crippen LogP contribution in [0.1, 0.15) is 29.3 Å². The van der Waals surface area contributed by atoms with Gasteiger partial charge in [0.15, 0.2) is 5.78 Å². The molecule has 4 nitrogen and oxygen atoms in total. The Balaban J connectivity index is 2.06. The van der Waals surface area contributed by atoms with Crippen LogP contribution in [0.4, 0.5) is 0 Å². The van der Waals surface area contributed by atoms with Crippen molar-refractivity contribution < 1.29 is 14.3 Å². The van der Waals surface area contributed by atoms with E-state index in [0.717, 1.165) is 12.8 Å². The maximum Gasteiger partial charge on any atom is 0.165 e. The normalized spacial score (nSPS) is 11.8. The molecule has 1 atom stereocenters. The van der Waals surface area contributed by atoms with Crippen LogP contribution in [-0.2, 0) is 6.42 Å². The van der Waals surface area contributed by atoms with E-state index in [1.807, 2.05) is 19.1 Å². The van der Waals surface area contributed by atoms with Gasteiger partial charge in [0.1, 0.15) is 11.5 Å². The second-order valence-electron chi connectivity index (χ2n) is 5.26. The van der Waals surface area contributed by atoms with Crippen molar-refractivity contribution in [2.75, 3.05) is 14.2 Å². The van der Waals surface area contributed by atoms with Gasteiger partial charge < -0.3 is 9.47 Å². The SMILES string of the molecule is COc1cc(OC)cc(C(=O)[C@@H](C)CCc2ccncc2)c1. The zero-order chi connectivity index (χ0) is 15.9. The van der Waals surface area contributed by atoms with Gasteiger partial charge in [-0.05, 0) is 42.7 Å². The zero-order valence-corrected chi connectivity index (χ0v) is 13.2. The Labute approximate surface area is 131 Å². The third-order valence-corrected chi connectivity index (χ3v) is 3.70. The highest BCUT2D eigenvalue weighted by atomic mass is 16.5. The molecular formula is C18H21NO3. The molecule has 2 rings (SSSR count). The molecule has 1 aromatic heterocycles. The number of carbonyl (C=O) groups is 1. The number of pyridine rings is 1. The highest BCUT2D eigenvalue weighted by molar-refractivity contribution is 5.98. The first-order valence-electron chi connectivity index (χ1n) is 7.30. The average molecular weight is 299 g/mol. The summed E-state index contributed by atoms with van der Waals surface area (Å²) in [6.07, 6.45) is 5.20. The lowest BCUT2D eigenvalue weighted by Gasteiger charge is -2.12. The third kappa shape index (κ3) is 4.07. The lowest BCUT2D eigenvalue weighted by molar-refractivity contribution is 0.0923. The van der Waals surface area contributed by atoms with Crippen LogP contribution < -0.4 is 9.47 Å². The predicted molar refractivity (Wildman–Crippen MR) is 85.6 cm³/mol. The van der Waals surface area contributed by atoms with Crippen LogP contribution >= 0.6 is 0 Å². The predicted octanol–water partition coefficient (Wildman–Crippen LogP) is 3.55. The zero-order valence-electron chi connectivity index (χ0n) is 13.2. The van der Waals surface area contributed by atoms with Gasteiger partial charge in [-0.15, -0.1) is 0 Å². The lowest BCUT2D eigenvalue weighted by Crippen LogP contribution is -2.12. The molecule has 0 amide bonds. The van der Waals surface area contributed by atoms with Crippen molar-refractivity contribution in [1.29, 1.82) is 0 Å². The molecule has 22 heavy (non-hydrogen) atoms. The van der Waals surface area contributed by atoms with E-state index in [1.165, 1.54) is 5.56 Å². The Hall–Kier alpha value is -2.36. The molecular weight excluding hydrogens is 278 g/mol. The van der Waals surface area contributed by atoms with E-state index >= 15 is 0 Å². The summed E-state index contributed by atoms with van der Waals surface area (Å²) in [5, 5.41) is 0. The molecule has 1 heterocycles. The van der Waals surface area contributed by atoms with Crippen LogP contribution in [-0.4, -0.2) is 25.0 Å². The third-order valence-electron chi connectivity index (χ3n) is 3.70. The minimum absolute atomic E-state index is 0.0648. The van der Waals surface area contributed by atoms with Crippen molar-refractivity contribution in [2.24, 2.45) is 5.92 Å². The number of Topliss-reactive ketones (excluding diaryl/α,β-unsaturated/α-hetero) is 1. The smallest absolute Gasteiger partial charge is 0.165 e. The summed E-state index contributed by atoms with van der Waals surface area (Å²) in [5.41, 5.74) is 1.82. The van der Waals surface area contributed by atoms with Crippen LogP contribution in [0.5, 0.6) is 11.5 Å². The molecule has 0 aliphatic carbocycles. The topological polar surface area (TPSA) is 48.4 Å². The molecule has 0 radical (unpaired) electrons. The minimum Gasteiger partial charge on any atom is -0.497 e. The summed E-state index contributed by atoms with van der Waals surface area (Å²) < 4.78 is 10.4. The Morgan fingerprint density at radius 3 is 2.23 bits per heavy atom. The minimum atomic E-state index is -0.0648. The molecule has 1 aromatic carbocycles. The number of aryl methyl sites for hydroxylation is 1. The van der Waals surface area contributed by atoms with E-state index in [1.54, 1.807) is 44.8 Å². The fraction of sp³-hybridized carbons (Fsp3) is 0.333. The second kappa shape index (κ2) is 7.59. The molecule has 0 saturated carbocycles. The molecule has 0 saturated heterocycles. The van der Waals surface area contributed by atoms with Crippen molar-refractivity contribution in [2.45, 2.75) is 19.8 Å². The van der Waals surface area contributed by atoms with Gasteiger partial charge in [-0.3, -0.25) is 9.78 Å². The molecule has 4 heteroatoms. The standard InChI is InChI=1S/C18H21NO3/c1-13(4-5-14-6-8-19-9-7-14)18(20)15-10-16(21-2)12-17(11-15)22-3/h6-13H,4-5H2,1-3H3/t13-/m0/s1. The number of nitrogens with zero attached hydrogens (tertiary/aromatic N) is 1. The van der Waals surface area contributed by atoms with Crippen LogP contribution in [0, 0.1) is 5.92 Å². The van der Waals surface area contributed by atoms with E-state index in [9.17, 15) is 4.79 Å². The largest absolute Gasteiger partial charge is 0.497 e. The maximum absolute atomic E-state index is 12.6. The summed E-state index contributed by atoms with van der Waals surface area (Å²) in [6.45, 7) is 1.95. The Morgan fingerprint density at radius 1 is 1.09 bits per heavy atom. The number of ketones is 1. The van der Waals surface area contributed by atoms with Crippen LogP contribution in [0.15, 0.2) is 42.7 Å². The summed E-state index contributed by atoms with van der Waals surface area (Å²) in [7, 11) is 3.16. The van der Waals surface area contributed by atoms with Gasteiger partial charge in [-0.1, -0.05) is 6.92 Å². The monoisotopic (exact) mass is 299 g/mol. The number of hydrogen-bond donors (Lipinski definition) is 0. The van der Waals surface area contributed by atoms with Gasteiger partial charge in [0.25, 0.3) is 0 Å². The number of benzene rings is 1. The Morgan fingerprint density at radius 2 is 1.68 bits per heavy atom. The fourth-order valence-corrected chi connectivity index (χ4v) is 2.30. The Bertz CT molecular complexity index is 603. The first-order chi connectivity index (χ1) is 10.6. The number of methoxy groups -OCH3 is 2. The molecule has 0 aliphatic heterocycles. The van der Waals surface area contributed by atoms with Gasteiger partial charge in [-0.25, -0.2) is 0 Å². The van der Waals surface area contributed by atoms with E-state index in [-0.39, 0.29) is 11.7 Å². The summed E-state index contributed by atoms with van der Waals surface area (Å²) in [5.74, 6) is 1.30. The molecule has 0 bridgehead atoms. The maximum atomic E-state index is 12.6. The van der Waals surface area contributed by atoms with Crippen LogP contribution in [0.3, 0.4) is 0 Å². The van der Waals surface area contributed by atoms with E-state index in [4.69, 9.17) is 9.47 Å². The molecule has 0 aliphatic rings. The number of aromatic nitrogens is 1.